The van der Waals surface area contributed by atoms with Gasteiger partial charge in [0.25, 0.3) is 0 Å². The van der Waals surface area contributed by atoms with Crippen molar-refractivity contribution in [2.24, 2.45) is 0 Å². The van der Waals surface area contributed by atoms with E-state index in [9.17, 15) is 9.59 Å². The maximum absolute atomic E-state index is 11.6. The summed E-state index contributed by atoms with van der Waals surface area (Å²) >= 11 is 0. The Bertz CT molecular complexity index is 592. The van der Waals surface area contributed by atoms with Crippen LogP contribution in [0.5, 0.6) is 0 Å². The van der Waals surface area contributed by atoms with Crippen molar-refractivity contribution < 1.29 is 18.6 Å². The molecule has 0 saturated heterocycles. The minimum absolute atomic E-state index is 0.172. The summed E-state index contributed by atoms with van der Waals surface area (Å²) in [6, 6.07) is 0. The van der Waals surface area contributed by atoms with Crippen LogP contribution in [0.4, 0.5) is 0 Å². The van der Waals surface area contributed by atoms with Crippen LogP contribution < -0.4 is 5.63 Å². The quantitative estimate of drug-likeness (QED) is 0.804. The van der Waals surface area contributed by atoms with E-state index in [1.54, 1.807) is 13.8 Å². The topological polar surface area (TPSA) is 98.3 Å². The molecule has 0 aliphatic carbocycles. The van der Waals surface area contributed by atoms with Gasteiger partial charge in [-0.05, 0) is 13.8 Å². The fourth-order valence-electron chi connectivity index (χ4n) is 1.42. The third-order valence-electron chi connectivity index (χ3n) is 2.20. The van der Waals surface area contributed by atoms with Crippen LogP contribution >= 0.6 is 0 Å². The molecule has 0 bridgehead atoms. The van der Waals surface area contributed by atoms with E-state index in [1.165, 1.54) is 6.20 Å². The summed E-state index contributed by atoms with van der Waals surface area (Å²) in [6.07, 6.45) is 1.39. The fourth-order valence-corrected chi connectivity index (χ4v) is 1.42. The van der Waals surface area contributed by atoms with Crippen LogP contribution in [-0.2, 0) is 4.74 Å². The molecule has 17 heavy (non-hydrogen) atoms. The number of esters is 1. The second kappa shape index (κ2) is 4.28. The standard InChI is InChI=1S/C10H10N2O5/c1-3-15-9(13)7-8(12-17-10(7)14)6-4-11-16-5(6)2/h4,12H,3H2,1-2H3. The van der Waals surface area contributed by atoms with Crippen LogP contribution in [0.1, 0.15) is 23.0 Å². The third-order valence-corrected chi connectivity index (χ3v) is 2.20. The zero-order chi connectivity index (χ0) is 12.4. The van der Waals surface area contributed by atoms with Crippen LogP contribution in [0, 0.1) is 6.92 Å². The van der Waals surface area contributed by atoms with Gasteiger partial charge >= 0.3 is 11.6 Å². The molecule has 90 valence electrons. The number of hydrogen-bond acceptors (Lipinski definition) is 6. The van der Waals surface area contributed by atoms with E-state index < -0.39 is 11.6 Å². The SMILES string of the molecule is CCOC(=O)c1c(-c2cnoc2C)[nH]oc1=O. The lowest BCUT2D eigenvalue weighted by Gasteiger charge is -1.99. The highest BCUT2D eigenvalue weighted by Gasteiger charge is 2.24. The first-order valence-corrected chi connectivity index (χ1v) is 4.95. The Morgan fingerprint density at radius 3 is 2.94 bits per heavy atom. The summed E-state index contributed by atoms with van der Waals surface area (Å²) in [4.78, 5) is 23.0. The summed E-state index contributed by atoms with van der Waals surface area (Å²) in [5.74, 6) is -0.273. The molecule has 0 aromatic carbocycles. The number of nitrogens with zero attached hydrogens (tertiary/aromatic N) is 1. The van der Waals surface area contributed by atoms with Gasteiger partial charge in [0.1, 0.15) is 11.5 Å². The zero-order valence-corrected chi connectivity index (χ0v) is 9.27. The molecular weight excluding hydrogens is 228 g/mol. The normalized spacial score (nSPS) is 10.5. The molecule has 1 N–H and O–H groups in total. The predicted octanol–water partition coefficient (Wildman–Crippen LogP) is 1.11. The number of carbonyl (C=O) groups excluding carboxylic acids is 1. The molecule has 0 spiro atoms. The van der Waals surface area contributed by atoms with Gasteiger partial charge in [0.05, 0.1) is 18.4 Å². The van der Waals surface area contributed by atoms with Crippen LogP contribution in [0.15, 0.2) is 20.0 Å². The Balaban J connectivity index is 2.54. The van der Waals surface area contributed by atoms with Gasteiger partial charge in [-0.25, -0.2) is 14.7 Å². The molecule has 0 amide bonds. The average molecular weight is 238 g/mol. The first-order chi connectivity index (χ1) is 8.15. The van der Waals surface area contributed by atoms with Gasteiger partial charge < -0.3 is 13.8 Å². The summed E-state index contributed by atoms with van der Waals surface area (Å²) in [5, 5.41) is 5.93. The van der Waals surface area contributed by atoms with E-state index in [1.807, 2.05) is 0 Å². The van der Waals surface area contributed by atoms with Crippen molar-refractivity contribution in [2.45, 2.75) is 13.8 Å². The lowest BCUT2D eigenvalue weighted by Crippen LogP contribution is -2.14. The third kappa shape index (κ3) is 1.86. The Hall–Kier alpha value is -2.31. The van der Waals surface area contributed by atoms with Crippen LogP contribution in [0.3, 0.4) is 0 Å². The smallest absolute Gasteiger partial charge is 0.372 e. The summed E-state index contributed by atoms with van der Waals surface area (Å²) < 4.78 is 14.2. The maximum atomic E-state index is 11.6. The Morgan fingerprint density at radius 2 is 2.35 bits per heavy atom. The van der Waals surface area contributed by atoms with Crippen LogP contribution in [0.2, 0.25) is 0 Å². The van der Waals surface area contributed by atoms with Gasteiger partial charge in [0.15, 0.2) is 5.56 Å². The molecule has 0 saturated carbocycles. The number of hydrogen-bond donors (Lipinski definition) is 1. The monoisotopic (exact) mass is 238 g/mol. The van der Waals surface area contributed by atoms with Gasteiger partial charge in [-0.1, -0.05) is 5.16 Å². The minimum atomic E-state index is -0.779. The van der Waals surface area contributed by atoms with Crippen molar-refractivity contribution in [1.29, 1.82) is 0 Å². The molecule has 7 heteroatoms. The lowest BCUT2D eigenvalue weighted by atomic mass is 10.1. The first kappa shape index (κ1) is 11.2. The number of nitrogens with one attached hydrogen (secondary N) is 1. The predicted molar refractivity (Wildman–Crippen MR) is 55.5 cm³/mol. The van der Waals surface area contributed by atoms with Crippen LogP contribution in [0.25, 0.3) is 11.3 Å². The molecule has 0 aliphatic rings. The Kier molecular flexibility index (Phi) is 2.82. The largest absolute Gasteiger partial charge is 0.462 e. The summed E-state index contributed by atoms with van der Waals surface area (Å²) in [5.41, 5.74) is -0.261. The van der Waals surface area contributed by atoms with E-state index >= 15 is 0 Å². The Morgan fingerprint density at radius 1 is 1.59 bits per heavy atom. The highest BCUT2D eigenvalue weighted by Crippen LogP contribution is 2.23. The van der Waals surface area contributed by atoms with Gasteiger partial charge in [-0.3, -0.25) is 0 Å². The van der Waals surface area contributed by atoms with Crippen molar-refractivity contribution in [1.82, 2.24) is 10.3 Å². The highest BCUT2D eigenvalue weighted by atomic mass is 16.5. The zero-order valence-electron chi connectivity index (χ0n) is 9.27. The van der Waals surface area contributed by atoms with Gasteiger partial charge in [-0.2, -0.15) is 0 Å². The molecule has 2 aromatic rings. The van der Waals surface area contributed by atoms with Crippen LogP contribution in [-0.4, -0.2) is 22.9 Å². The van der Waals surface area contributed by atoms with E-state index in [2.05, 4.69) is 14.8 Å². The summed E-state index contributed by atoms with van der Waals surface area (Å²) in [6.45, 7) is 3.48. The molecule has 0 fully saturated rings. The molecule has 0 radical (unpaired) electrons. The van der Waals surface area contributed by atoms with Crippen molar-refractivity contribution in [3.8, 4) is 11.3 Å². The molecule has 2 aromatic heterocycles. The van der Waals surface area contributed by atoms with E-state index in [0.717, 1.165) is 0 Å². The highest BCUT2D eigenvalue weighted by molar-refractivity contribution is 5.95. The maximum Gasteiger partial charge on any atom is 0.372 e. The van der Waals surface area contributed by atoms with Gasteiger partial charge in [0, 0.05) is 0 Å². The molecule has 0 unspecified atom stereocenters. The second-order valence-corrected chi connectivity index (χ2v) is 3.26. The summed E-state index contributed by atoms with van der Waals surface area (Å²) in [7, 11) is 0. The minimum Gasteiger partial charge on any atom is -0.462 e. The van der Waals surface area contributed by atoms with E-state index in [-0.39, 0.29) is 17.9 Å². The second-order valence-electron chi connectivity index (χ2n) is 3.26. The van der Waals surface area contributed by atoms with Gasteiger partial charge in [0.2, 0.25) is 0 Å². The number of H-pyrrole nitrogens is 1. The number of carbonyl (C=O) groups is 1. The van der Waals surface area contributed by atoms with Crippen molar-refractivity contribution in [3.63, 3.8) is 0 Å². The molecule has 2 heterocycles. The van der Waals surface area contributed by atoms with Crippen molar-refractivity contribution in [2.75, 3.05) is 6.61 Å². The molecule has 7 nitrogen and oxygen atoms in total. The first-order valence-electron chi connectivity index (χ1n) is 4.95. The van der Waals surface area contributed by atoms with Crippen molar-refractivity contribution in [3.05, 3.63) is 27.9 Å². The number of aromatic amines is 1. The van der Waals surface area contributed by atoms with E-state index in [0.29, 0.717) is 11.3 Å². The molecule has 0 atom stereocenters. The molecule has 0 aliphatic heterocycles. The lowest BCUT2D eigenvalue weighted by molar-refractivity contribution is 0.0524. The number of rotatable bonds is 3. The Labute approximate surface area is 95.3 Å². The van der Waals surface area contributed by atoms with Crippen molar-refractivity contribution >= 4 is 5.97 Å². The fraction of sp³-hybridized carbons (Fsp3) is 0.300. The molecule has 2 rings (SSSR count). The number of ether oxygens (including phenoxy) is 1. The molecular formula is C10H10N2O5. The number of aromatic nitrogens is 2. The number of aryl methyl sites for hydroxylation is 1. The average Bonchev–Trinajstić information content (AvgIpc) is 2.84. The van der Waals surface area contributed by atoms with E-state index in [4.69, 9.17) is 9.26 Å². The van der Waals surface area contributed by atoms with Gasteiger partial charge in [-0.15, -0.1) is 0 Å².